The zero-order valence-corrected chi connectivity index (χ0v) is 8.55. The maximum Gasteiger partial charge on any atom is 0.328 e. The van der Waals surface area contributed by atoms with Gasteiger partial charge in [0.1, 0.15) is 0 Å². The van der Waals surface area contributed by atoms with Crippen molar-refractivity contribution in [1.82, 2.24) is 0 Å². The van der Waals surface area contributed by atoms with Crippen molar-refractivity contribution in [1.29, 1.82) is 0 Å². The molecule has 0 saturated carbocycles. The van der Waals surface area contributed by atoms with Gasteiger partial charge in [0.2, 0.25) is 0 Å². The summed E-state index contributed by atoms with van der Waals surface area (Å²) in [6, 6.07) is 8.32. The van der Waals surface area contributed by atoms with Crippen molar-refractivity contribution in [2.75, 3.05) is 11.9 Å². The number of para-hydroxylation sites is 1. The van der Waals surface area contributed by atoms with Gasteiger partial charge >= 0.3 is 5.97 Å². The minimum absolute atomic E-state index is 0.165. The fraction of sp³-hybridized carbons (Fsp3) is 0.250. The van der Waals surface area contributed by atoms with E-state index in [9.17, 15) is 4.79 Å². The highest BCUT2D eigenvalue weighted by Gasteiger charge is 2.23. The van der Waals surface area contributed by atoms with Crippen LogP contribution in [0, 0.1) is 0 Å². The van der Waals surface area contributed by atoms with Crippen LogP contribution in [-0.4, -0.2) is 24.2 Å². The van der Waals surface area contributed by atoms with Crippen LogP contribution < -0.4 is 4.90 Å². The van der Waals surface area contributed by atoms with E-state index < -0.39 is 5.97 Å². The molecule has 1 aromatic carbocycles. The van der Waals surface area contributed by atoms with Crippen molar-refractivity contribution < 1.29 is 9.90 Å². The van der Waals surface area contributed by atoms with Gasteiger partial charge in [-0.05, 0) is 18.1 Å². The third kappa shape index (κ3) is 1.86. The SMILES string of the molecule is CN1c2ccccc2CC1/C=C/C(=O)O. The molecule has 0 saturated heterocycles. The molecular formula is C12H13NO2. The molecule has 3 nitrogen and oxygen atoms in total. The van der Waals surface area contributed by atoms with Crippen LogP contribution in [0.5, 0.6) is 0 Å². The molecule has 78 valence electrons. The average Bonchev–Trinajstić information content (AvgIpc) is 2.54. The van der Waals surface area contributed by atoms with Crippen molar-refractivity contribution in [2.24, 2.45) is 0 Å². The van der Waals surface area contributed by atoms with E-state index in [1.807, 2.05) is 19.2 Å². The Hall–Kier alpha value is -1.77. The second-order valence-electron chi connectivity index (χ2n) is 3.71. The van der Waals surface area contributed by atoms with Gasteiger partial charge in [0.15, 0.2) is 0 Å². The highest BCUT2D eigenvalue weighted by atomic mass is 16.4. The molecule has 0 bridgehead atoms. The van der Waals surface area contributed by atoms with Gasteiger partial charge < -0.3 is 10.0 Å². The fourth-order valence-corrected chi connectivity index (χ4v) is 1.96. The molecular weight excluding hydrogens is 190 g/mol. The van der Waals surface area contributed by atoms with E-state index in [4.69, 9.17) is 5.11 Å². The highest BCUT2D eigenvalue weighted by Crippen LogP contribution is 2.30. The number of benzene rings is 1. The summed E-state index contributed by atoms with van der Waals surface area (Å²) >= 11 is 0. The Morgan fingerprint density at radius 3 is 2.93 bits per heavy atom. The summed E-state index contributed by atoms with van der Waals surface area (Å²) in [6.07, 6.45) is 3.84. The number of rotatable bonds is 2. The van der Waals surface area contributed by atoms with Gasteiger partial charge in [-0.25, -0.2) is 4.79 Å². The number of aliphatic carboxylic acids is 1. The smallest absolute Gasteiger partial charge is 0.328 e. The van der Waals surface area contributed by atoms with Crippen molar-refractivity contribution in [2.45, 2.75) is 12.5 Å². The first kappa shape index (κ1) is 9.77. The maximum absolute atomic E-state index is 10.4. The van der Waals surface area contributed by atoms with E-state index in [2.05, 4.69) is 17.0 Å². The van der Waals surface area contributed by atoms with Crippen molar-refractivity contribution in [3.63, 3.8) is 0 Å². The number of likely N-dealkylation sites (N-methyl/N-ethyl adjacent to an activating group) is 1. The molecule has 2 rings (SSSR count). The average molecular weight is 203 g/mol. The second-order valence-corrected chi connectivity index (χ2v) is 3.71. The Morgan fingerprint density at radius 1 is 1.53 bits per heavy atom. The molecule has 1 aliphatic heterocycles. The van der Waals surface area contributed by atoms with E-state index in [-0.39, 0.29) is 6.04 Å². The third-order valence-corrected chi connectivity index (χ3v) is 2.76. The van der Waals surface area contributed by atoms with Crippen molar-refractivity contribution >= 4 is 11.7 Å². The second kappa shape index (κ2) is 3.77. The number of carbonyl (C=O) groups is 1. The highest BCUT2D eigenvalue weighted by molar-refractivity contribution is 5.80. The van der Waals surface area contributed by atoms with Crippen LogP contribution in [0.2, 0.25) is 0 Å². The predicted molar refractivity (Wildman–Crippen MR) is 59.1 cm³/mol. The minimum Gasteiger partial charge on any atom is -0.478 e. The summed E-state index contributed by atoms with van der Waals surface area (Å²) < 4.78 is 0. The Balaban J connectivity index is 2.20. The van der Waals surface area contributed by atoms with Gasteiger partial charge in [-0.2, -0.15) is 0 Å². The lowest BCUT2D eigenvalue weighted by molar-refractivity contribution is -0.131. The van der Waals surface area contributed by atoms with E-state index >= 15 is 0 Å². The molecule has 0 spiro atoms. The van der Waals surface area contributed by atoms with Crippen LogP contribution in [0.15, 0.2) is 36.4 Å². The zero-order valence-electron chi connectivity index (χ0n) is 8.55. The summed E-state index contributed by atoms with van der Waals surface area (Å²) in [5.74, 6) is -0.889. The zero-order chi connectivity index (χ0) is 10.8. The monoisotopic (exact) mass is 203 g/mol. The number of anilines is 1. The molecule has 1 atom stereocenters. The molecule has 0 amide bonds. The summed E-state index contributed by atoms with van der Waals surface area (Å²) in [5, 5.41) is 8.57. The first-order valence-electron chi connectivity index (χ1n) is 4.90. The largest absolute Gasteiger partial charge is 0.478 e. The summed E-state index contributed by atoms with van der Waals surface area (Å²) in [6.45, 7) is 0. The molecule has 1 aliphatic rings. The maximum atomic E-state index is 10.4. The topological polar surface area (TPSA) is 40.5 Å². The summed E-state index contributed by atoms with van der Waals surface area (Å²) in [7, 11) is 1.99. The number of carboxylic acids is 1. The van der Waals surface area contributed by atoms with Crippen LogP contribution in [0.4, 0.5) is 5.69 Å². The molecule has 15 heavy (non-hydrogen) atoms. The Kier molecular flexibility index (Phi) is 2.46. The Bertz CT molecular complexity index is 412. The van der Waals surface area contributed by atoms with Gasteiger partial charge in [0.25, 0.3) is 0 Å². The molecule has 0 aromatic heterocycles. The molecule has 3 heteroatoms. The minimum atomic E-state index is -0.889. The molecule has 0 aliphatic carbocycles. The lowest BCUT2D eigenvalue weighted by Crippen LogP contribution is -2.25. The van der Waals surface area contributed by atoms with Gasteiger partial charge in [-0.15, -0.1) is 0 Å². The number of hydrogen-bond acceptors (Lipinski definition) is 2. The number of hydrogen-bond donors (Lipinski definition) is 1. The number of nitrogens with zero attached hydrogens (tertiary/aromatic N) is 1. The van der Waals surface area contributed by atoms with Crippen molar-refractivity contribution in [3.05, 3.63) is 42.0 Å². The predicted octanol–water partition coefficient (Wildman–Crippen LogP) is 1.69. The molecule has 1 aromatic rings. The Morgan fingerprint density at radius 2 is 2.27 bits per heavy atom. The first-order valence-corrected chi connectivity index (χ1v) is 4.90. The van der Waals surface area contributed by atoms with Crippen LogP contribution in [0.3, 0.4) is 0 Å². The van der Waals surface area contributed by atoms with Crippen LogP contribution in [-0.2, 0) is 11.2 Å². The normalized spacial score (nSPS) is 19.5. The van der Waals surface area contributed by atoms with Gasteiger partial charge in [-0.1, -0.05) is 24.3 Å². The lowest BCUT2D eigenvalue weighted by atomic mass is 10.1. The van der Waals surface area contributed by atoms with Gasteiger partial charge in [-0.3, -0.25) is 0 Å². The summed E-state index contributed by atoms with van der Waals surface area (Å²) in [4.78, 5) is 12.5. The standard InChI is InChI=1S/C12H13NO2/c1-13-10(6-7-12(14)15)8-9-4-2-3-5-11(9)13/h2-7,10H,8H2,1H3,(H,14,15)/b7-6+. The number of carboxylic acid groups (broad SMARTS) is 1. The third-order valence-electron chi connectivity index (χ3n) is 2.76. The van der Waals surface area contributed by atoms with Gasteiger partial charge in [0.05, 0.1) is 6.04 Å². The van der Waals surface area contributed by atoms with Gasteiger partial charge in [0, 0.05) is 18.8 Å². The Labute approximate surface area is 88.6 Å². The first-order chi connectivity index (χ1) is 7.18. The summed E-state index contributed by atoms with van der Waals surface area (Å²) in [5.41, 5.74) is 2.47. The number of fused-ring (bicyclic) bond motifs is 1. The molecule has 0 fully saturated rings. The molecule has 0 radical (unpaired) electrons. The van der Waals surface area contributed by atoms with E-state index in [1.54, 1.807) is 6.08 Å². The molecule has 1 unspecified atom stereocenters. The van der Waals surface area contributed by atoms with Crippen molar-refractivity contribution in [3.8, 4) is 0 Å². The van der Waals surface area contributed by atoms with Crippen LogP contribution in [0.25, 0.3) is 0 Å². The van der Waals surface area contributed by atoms with E-state index in [0.29, 0.717) is 0 Å². The van der Waals surface area contributed by atoms with E-state index in [1.165, 1.54) is 17.3 Å². The van der Waals surface area contributed by atoms with Crippen LogP contribution >= 0.6 is 0 Å². The quantitative estimate of drug-likeness (QED) is 0.743. The lowest BCUT2D eigenvalue weighted by Gasteiger charge is -2.19. The molecule has 1 heterocycles. The molecule has 1 N–H and O–H groups in total. The van der Waals surface area contributed by atoms with Crippen LogP contribution in [0.1, 0.15) is 5.56 Å². The fourth-order valence-electron chi connectivity index (χ4n) is 1.96. The van der Waals surface area contributed by atoms with E-state index in [0.717, 1.165) is 6.42 Å².